The van der Waals surface area contributed by atoms with Gasteiger partial charge in [-0.25, -0.2) is 17.6 Å². The molecule has 3 aromatic carbocycles. The zero-order valence-electron chi connectivity index (χ0n) is 15.7. The Hall–Kier alpha value is -3.72. The molecule has 0 radical (unpaired) electrons. The number of nitrogens with one attached hydrogen (secondary N) is 2. The summed E-state index contributed by atoms with van der Waals surface area (Å²) in [5.74, 6) is -2.14. The van der Waals surface area contributed by atoms with Gasteiger partial charge in [-0.05, 0) is 73.2 Å². The van der Waals surface area contributed by atoms with E-state index in [1.54, 1.807) is 6.92 Å². The molecule has 1 amide bonds. The van der Waals surface area contributed by atoms with Gasteiger partial charge in [-0.2, -0.15) is 0 Å². The molecule has 154 valence electrons. The normalized spacial score (nSPS) is 11.0. The second kappa shape index (κ2) is 8.34. The zero-order chi connectivity index (χ0) is 21.9. The Morgan fingerprint density at radius 2 is 1.43 bits per heavy atom. The van der Waals surface area contributed by atoms with Gasteiger partial charge in [0.25, 0.3) is 15.9 Å². The van der Waals surface area contributed by atoms with Gasteiger partial charge in [0.2, 0.25) is 0 Å². The standard InChI is InChI=1S/C21H17FN2O5S/c1-13-2-3-15(20(25)23-17-8-4-14(5-9-17)21(26)27)12-19(13)30(28,29)24-18-10-6-16(22)7-11-18/h2-12,24H,1H3,(H,23,25)(H,26,27). The molecule has 0 saturated carbocycles. The van der Waals surface area contributed by atoms with Gasteiger partial charge < -0.3 is 10.4 Å². The summed E-state index contributed by atoms with van der Waals surface area (Å²) >= 11 is 0. The minimum Gasteiger partial charge on any atom is -0.478 e. The number of carbonyl (C=O) groups is 2. The Morgan fingerprint density at radius 1 is 0.867 bits per heavy atom. The Labute approximate surface area is 172 Å². The maximum absolute atomic E-state index is 13.0. The molecule has 3 rings (SSSR count). The lowest BCUT2D eigenvalue weighted by Crippen LogP contribution is -2.17. The number of sulfonamides is 1. The molecular formula is C21H17FN2O5S. The van der Waals surface area contributed by atoms with Crippen LogP contribution in [-0.2, 0) is 10.0 Å². The molecule has 3 aromatic rings. The first-order chi connectivity index (χ1) is 14.2. The molecule has 0 atom stereocenters. The van der Waals surface area contributed by atoms with E-state index >= 15 is 0 Å². The minimum atomic E-state index is -4.02. The number of aromatic carboxylic acids is 1. The molecular weight excluding hydrogens is 411 g/mol. The topological polar surface area (TPSA) is 113 Å². The SMILES string of the molecule is Cc1ccc(C(=O)Nc2ccc(C(=O)O)cc2)cc1S(=O)(=O)Nc1ccc(F)cc1. The summed E-state index contributed by atoms with van der Waals surface area (Å²) in [5, 5.41) is 11.5. The van der Waals surface area contributed by atoms with Crippen LogP contribution in [0.2, 0.25) is 0 Å². The highest BCUT2D eigenvalue weighted by Gasteiger charge is 2.19. The largest absolute Gasteiger partial charge is 0.478 e. The molecule has 0 aromatic heterocycles. The summed E-state index contributed by atoms with van der Waals surface area (Å²) in [7, 11) is -4.02. The van der Waals surface area contributed by atoms with Crippen LogP contribution in [0, 0.1) is 12.7 Å². The Morgan fingerprint density at radius 3 is 2.03 bits per heavy atom. The summed E-state index contributed by atoms with van der Waals surface area (Å²) in [6.07, 6.45) is 0. The van der Waals surface area contributed by atoms with Crippen LogP contribution in [-0.4, -0.2) is 25.4 Å². The third-order valence-corrected chi connectivity index (χ3v) is 5.75. The molecule has 0 fully saturated rings. The van der Waals surface area contributed by atoms with E-state index in [0.717, 1.165) is 12.1 Å². The van der Waals surface area contributed by atoms with Crippen LogP contribution in [0.3, 0.4) is 0 Å². The van der Waals surface area contributed by atoms with Crippen molar-refractivity contribution in [3.05, 3.63) is 89.2 Å². The summed E-state index contributed by atoms with van der Waals surface area (Å²) in [6.45, 7) is 1.59. The van der Waals surface area contributed by atoms with Crippen molar-refractivity contribution in [2.24, 2.45) is 0 Å². The van der Waals surface area contributed by atoms with Crippen molar-refractivity contribution in [2.45, 2.75) is 11.8 Å². The second-order valence-electron chi connectivity index (χ2n) is 6.43. The lowest BCUT2D eigenvalue weighted by Gasteiger charge is -2.12. The van der Waals surface area contributed by atoms with E-state index in [2.05, 4.69) is 10.0 Å². The lowest BCUT2D eigenvalue weighted by atomic mass is 10.1. The van der Waals surface area contributed by atoms with Gasteiger partial charge in [0, 0.05) is 16.9 Å². The molecule has 0 unspecified atom stereocenters. The first-order valence-electron chi connectivity index (χ1n) is 8.69. The maximum Gasteiger partial charge on any atom is 0.335 e. The maximum atomic E-state index is 13.0. The number of hydrogen-bond acceptors (Lipinski definition) is 4. The molecule has 3 N–H and O–H groups in total. The predicted octanol–water partition coefficient (Wildman–Crippen LogP) is 3.89. The Bertz CT molecular complexity index is 1210. The van der Waals surface area contributed by atoms with Crippen molar-refractivity contribution in [3.63, 3.8) is 0 Å². The second-order valence-corrected chi connectivity index (χ2v) is 8.08. The van der Waals surface area contributed by atoms with Crippen molar-refractivity contribution >= 4 is 33.3 Å². The quantitative estimate of drug-likeness (QED) is 0.551. The van der Waals surface area contributed by atoms with Crippen molar-refractivity contribution in [1.82, 2.24) is 0 Å². The smallest absolute Gasteiger partial charge is 0.335 e. The number of carbonyl (C=O) groups excluding carboxylic acids is 1. The zero-order valence-corrected chi connectivity index (χ0v) is 16.5. The first-order valence-corrected chi connectivity index (χ1v) is 10.2. The van der Waals surface area contributed by atoms with Crippen LogP contribution in [0.4, 0.5) is 15.8 Å². The van der Waals surface area contributed by atoms with Crippen molar-refractivity contribution in [2.75, 3.05) is 10.0 Å². The monoisotopic (exact) mass is 428 g/mol. The van der Waals surface area contributed by atoms with Crippen LogP contribution in [0.25, 0.3) is 0 Å². The molecule has 0 aliphatic rings. The number of halogens is 1. The van der Waals surface area contributed by atoms with Crippen LogP contribution in [0.15, 0.2) is 71.6 Å². The molecule has 0 spiro atoms. The highest BCUT2D eigenvalue weighted by molar-refractivity contribution is 7.92. The average Bonchev–Trinajstić information content (AvgIpc) is 2.70. The van der Waals surface area contributed by atoms with Gasteiger partial charge in [0.05, 0.1) is 10.5 Å². The van der Waals surface area contributed by atoms with Crippen LogP contribution in [0.5, 0.6) is 0 Å². The van der Waals surface area contributed by atoms with Crippen molar-refractivity contribution in [3.8, 4) is 0 Å². The van der Waals surface area contributed by atoms with E-state index in [9.17, 15) is 22.4 Å². The number of benzene rings is 3. The van der Waals surface area contributed by atoms with E-state index < -0.39 is 27.7 Å². The van der Waals surface area contributed by atoms with E-state index in [1.165, 1.54) is 54.6 Å². The van der Waals surface area contributed by atoms with Gasteiger partial charge >= 0.3 is 5.97 Å². The number of hydrogen-bond donors (Lipinski definition) is 3. The molecule has 0 aliphatic carbocycles. The number of aryl methyl sites for hydroxylation is 1. The third-order valence-electron chi connectivity index (χ3n) is 4.23. The summed E-state index contributed by atoms with van der Waals surface area (Å²) < 4.78 is 40.9. The highest BCUT2D eigenvalue weighted by atomic mass is 32.2. The molecule has 9 heteroatoms. The Balaban J connectivity index is 1.83. The van der Waals surface area contributed by atoms with Gasteiger partial charge in [-0.3, -0.25) is 9.52 Å². The van der Waals surface area contributed by atoms with Crippen molar-refractivity contribution in [1.29, 1.82) is 0 Å². The molecule has 30 heavy (non-hydrogen) atoms. The van der Waals surface area contributed by atoms with Crippen LogP contribution >= 0.6 is 0 Å². The van der Waals surface area contributed by atoms with E-state index in [1.807, 2.05) is 0 Å². The Kier molecular flexibility index (Phi) is 5.84. The average molecular weight is 428 g/mol. The number of carboxylic acids is 1. The highest BCUT2D eigenvalue weighted by Crippen LogP contribution is 2.22. The fourth-order valence-electron chi connectivity index (χ4n) is 2.66. The number of carboxylic acid groups (broad SMARTS) is 1. The predicted molar refractivity (Wildman–Crippen MR) is 110 cm³/mol. The fraction of sp³-hybridized carbons (Fsp3) is 0.0476. The molecule has 0 bridgehead atoms. The van der Waals surface area contributed by atoms with Gasteiger partial charge in [0.1, 0.15) is 5.82 Å². The number of rotatable bonds is 6. The van der Waals surface area contributed by atoms with Gasteiger partial charge in [0.15, 0.2) is 0 Å². The molecule has 0 heterocycles. The molecule has 0 aliphatic heterocycles. The van der Waals surface area contributed by atoms with Gasteiger partial charge in [-0.15, -0.1) is 0 Å². The number of amides is 1. The van der Waals surface area contributed by atoms with E-state index in [0.29, 0.717) is 11.3 Å². The minimum absolute atomic E-state index is 0.0728. The van der Waals surface area contributed by atoms with Gasteiger partial charge in [-0.1, -0.05) is 6.07 Å². The summed E-state index contributed by atoms with van der Waals surface area (Å²) in [5.41, 5.74) is 1.14. The number of anilines is 2. The van der Waals surface area contributed by atoms with Crippen LogP contribution < -0.4 is 10.0 Å². The molecule has 0 saturated heterocycles. The third kappa shape index (κ3) is 4.81. The summed E-state index contributed by atoms with van der Waals surface area (Å²) in [6, 6.07) is 14.6. The fourth-order valence-corrected chi connectivity index (χ4v) is 3.99. The molecule has 7 nitrogen and oxygen atoms in total. The lowest BCUT2D eigenvalue weighted by molar-refractivity contribution is 0.0696. The summed E-state index contributed by atoms with van der Waals surface area (Å²) in [4.78, 5) is 23.3. The van der Waals surface area contributed by atoms with E-state index in [4.69, 9.17) is 5.11 Å². The van der Waals surface area contributed by atoms with Crippen LogP contribution in [0.1, 0.15) is 26.3 Å². The first kappa shape index (κ1) is 21.0. The van der Waals surface area contributed by atoms with Crippen molar-refractivity contribution < 1.29 is 27.5 Å². The van der Waals surface area contributed by atoms with E-state index in [-0.39, 0.29) is 21.7 Å².